The van der Waals surface area contributed by atoms with Crippen LogP contribution >= 0.6 is 45.3 Å². The van der Waals surface area contributed by atoms with Crippen LogP contribution < -0.4 is 0 Å². The second-order valence-corrected chi connectivity index (χ2v) is 38.6. The van der Waals surface area contributed by atoms with E-state index in [1.54, 1.807) is 34.0 Å². The van der Waals surface area contributed by atoms with Gasteiger partial charge in [0.1, 0.15) is 0 Å². The number of pyridine rings is 1. The number of nitrogens with zero attached hydrogens (tertiary/aromatic N) is 8. The Bertz CT molecular complexity index is 8670. The number of hydrogen-bond donors (Lipinski definition) is 0. The van der Waals surface area contributed by atoms with Crippen LogP contribution in [0.25, 0.3) is 273 Å². The van der Waals surface area contributed by atoms with Gasteiger partial charge in [-0.15, -0.1) is 45.3 Å². The molecule has 4 aliphatic rings. The van der Waals surface area contributed by atoms with Crippen molar-refractivity contribution in [1.29, 1.82) is 0 Å². The van der Waals surface area contributed by atoms with Gasteiger partial charge in [-0.25, -0.2) is 39.9 Å². The Hall–Kier alpha value is -17.1. The summed E-state index contributed by atoms with van der Waals surface area (Å²) in [5.74, 6) is 3.60. The van der Waals surface area contributed by atoms with Crippen molar-refractivity contribution in [3.05, 3.63) is 461 Å². The van der Waals surface area contributed by atoms with E-state index in [1.807, 2.05) is 84.4 Å². The van der Waals surface area contributed by atoms with Crippen LogP contribution in [0.5, 0.6) is 0 Å². The summed E-state index contributed by atoms with van der Waals surface area (Å²) >= 11 is 7.17. The summed E-state index contributed by atoms with van der Waals surface area (Å²) < 4.78 is 5.05. The molecule has 12 heteroatoms. The first-order valence-electron chi connectivity index (χ1n) is 46.2. The van der Waals surface area contributed by atoms with E-state index >= 15 is 0 Å². The summed E-state index contributed by atoms with van der Waals surface area (Å²) in [5.41, 5.74) is 39.4. The first kappa shape index (κ1) is 81.6. The summed E-state index contributed by atoms with van der Waals surface area (Å²) in [6.07, 6.45) is 3.63. The van der Waals surface area contributed by atoms with Gasteiger partial charge < -0.3 is 0 Å². The third kappa shape index (κ3) is 14.2. The van der Waals surface area contributed by atoms with Crippen LogP contribution in [-0.2, 0) is 0 Å². The minimum atomic E-state index is 0.675. The van der Waals surface area contributed by atoms with Gasteiger partial charge >= 0.3 is 0 Å². The van der Waals surface area contributed by atoms with Crippen LogP contribution in [-0.4, -0.2) is 39.9 Å². The van der Waals surface area contributed by atoms with Crippen LogP contribution in [0.4, 0.5) is 0 Å². The molecule has 29 rings (SSSR count). The summed E-state index contributed by atoms with van der Waals surface area (Å²) in [5, 5.41) is 5.19. The largest absolute Gasteiger partial charge is 0.247 e. The summed E-state index contributed by atoms with van der Waals surface area (Å²) in [6, 6.07) is 158. The van der Waals surface area contributed by atoms with Gasteiger partial charge in [-0.1, -0.05) is 400 Å². The van der Waals surface area contributed by atoms with E-state index in [4.69, 9.17) is 29.9 Å². The smallest absolute Gasteiger partial charge is 0.174 e. The predicted molar refractivity (Wildman–Crippen MR) is 578 cm³/mol. The van der Waals surface area contributed by atoms with Gasteiger partial charge in [0.15, 0.2) is 29.1 Å². The van der Waals surface area contributed by atoms with Gasteiger partial charge in [0.25, 0.3) is 0 Å². The Kier molecular flexibility index (Phi) is 20.6. The summed E-state index contributed by atoms with van der Waals surface area (Å²) in [6.45, 7) is 0. The summed E-state index contributed by atoms with van der Waals surface area (Å²) in [7, 11) is 0. The standard InChI is InChI=1S/C36H22N2S.C35H21N3S.C31H19NS.C24H14N2S/c1-3-12-23(13-4-1)30-22-31(24-14-5-2-6-15-24)38-36(37-30)35-34-29-19-10-9-18-27(29)25-16-7-8-17-26(25)28-20-11-21-32(39-35)33(28)34;1-3-12-22(13-4-1)33-36-34(23-14-5-2-6-15-23)38-35(37-33)32-31-28-19-10-9-18-26(28)24-16-7-8-17-25(24)27-20-11-21-29(39-32)30(27)31;1-2-10-20(11-3-1)26-17-9-18-27(32-26)31-30-25-15-7-6-14-23(25)21-12-4-5-13-22(21)24-16-8-19-28(33-31)29(24)30;1-2-8-16-15(7-1)17-9-3-4-10-19(17)22-21-18(16)11-5-12-20(21)27-23(22)24-25-13-6-14-26-24/h1-22H;1-21H;1-19H;1-14H. The van der Waals surface area contributed by atoms with Crippen LogP contribution in [0.2, 0.25) is 0 Å². The lowest BCUT2D eigenvalue weighted by atomic mass is 9.94. The number of fused-ring (bicyclic) bond motifs is 20. The normalized spacial score (nSPS) is 11.6. The van der Waals surface area contributed by atoms with E-state index < -0.39 is 0 Å². The molecule has 0 aliphatic heterocycles. The first-order valence-corrected chi connectivity index (χ1v) is 49.4. The monoisotopic (exact) mass is 1830 g/mol. The van der Waals surface area contributed by atoms with Gasteiger partial charge in [-0.2, -0.15) is 0 Å². The molecular formula is C126H76N8S4. The highest BCUT2D eigenvalue weighted by Crippen LogP contribution is 2.60. The molecule has 0 fully saturated rings. The zero-order valence-electron chi connectivity index (χ0n) is 74.1. The van der Waals surface area contributed by atoms with Crippen molar-refractivity contribution in [3.8, 4) is 233 Å². The lowest BCUT2D eigenvalue weighted by molar-refractivity contribution is 1.08. The zero-order chi connectivity index (χ0) is 91.1. The lowest BCUT2D eigenvalue weighted by Crippen LogP contribution is -2.00. The van der Waals surface area contributed by atoms with E-state index in [2.05, 4.69) is 398 Å². The fourth-order valence-electron chi connectivity index (χ4n) is 20.4. The Morgan fingerprint density at radius 2 is 0.362 bits per heavy atom. The van der Waals surface area contributed by atoms with Crippen molar-refractivity contribution in [1.82, 2.24) is 39.9 Å². The Labute approximate surface area is 813 Å². The molecule has 8 aromatic heterocycles. The van der Waals surface area contributed by atoms with Crippen LogP contribution in [0, 0.1) is 0 Å². The molecule has 0 radical (unpaired) electrons. The topological polar surface area (TPSA) is 103 Å². The molecule has 0 saturated carbocycles. The van der Waals surface area contributed by atoms with Crippen molar-refractivity contribution in [3.63, 3.8) is 0 Å². The second kappa shape index (κ2) is 34.7. The third-order valence-electron chi connectivity index (χ3n) is 26.5. The quantitative estimate of drug-likeness (QED) is 0.141. The molecule has 644 valence electrons. The van der Waals surface area contributed by atoms with E-state index in [0.29, 0.717) is 17.5 Å². The molecule has 8 nitrogen and oxygen atoms in total. The minimum absolute atomic E-state index is 0.675. The Balaban J connectivity index is 0.0000000959. The molecule has 0 N–H and O–H groups in total. The number of rotatable bonds is 9. The van der Waals surface area contributed by atoms with Crippen LogP contribution in [0.15, 0.2) is 461 Å². The summed E-state index contributed by atoms with van der Waals surface area (Å²) in [4.78, 5) is 44.3. The van der Waals surface area contributed by atoms with Crippen molar-refractivity contribution >= 4 is 85.7 Å². The SMILES string of the molecule is c1ccc(-c2cc(-c3ccccc3)nc(-c3sc4cccc5c4c3-c3ccccc3-c3ccccc3-5)n2)cc1.c1ccc(-c2cccc(-c3sc4cccc5c4c3-c3ccccc3-c3ccccc3-5)n2)cc1.c1ccc(-c2nc(-c3ccccc3)nc(-c3sc4cccc5c4c3-c3ccccc3-c3ccccc3-5)n2)cc1.c1cnc(-c2sc3cccc4c3c2-c2ccccc2-c2ccccc2-4)nc1. The average Bonchev–Trinajstić information content (AvgIpc) is 1.59. The molecule has 4 aliphatic carbocycles. The lowest BCUT2D eigenvalue weighted by Gasteiger charge is -2.12. The van der Waals surface area contributed by atoms with Gasteiger partial charge in [0.2, 0.25) is 0 Å². The average molecular weight is 1830 g/mol. The van der Waals surface area contributed by atoms with Crippen molar-refractivity contribution < 1.29 is 0 Å². The van der Waals surface area contributed by atoms with Gasteiger partial charge in [0, 0.05) is 103 Å². The maximum absolute atomic E-state index is 5.21. The molecule has 0 spiro atoms. The van der Waals surface area contributed by atoms with E-state index in [1.165, 1.54) is 179 Å². The van der Waals surface area contributed by atoms with Crippen LogP contribution in [0.3, 0.4) is 0 Å². The van der Waals surface area contributed by atoms with Crippen molar-refractivity contribution in [2.45, 2.75) is 0 Å². The number of hydrogen-bond acceptors (Lipinski definition) is 12. The maximum atomic E-state index is 5.21. The van der Waals surface area contributed by atoms with Crippen molar-refractivity contribution in [2.75, 3.05) is 0 Å². The van der Waals surface area contributed by atoms with E-state index in [0.717, 1.165) is 76.9 Å². The Morgan fingerprint density at radius 1 is 0.138 bits per heavy atom. The molecule has 138 heavy (non-hydrogen) atoms. The molecule has 8 heterocycles. The molecule has 0 unspecified atom stereocenters. The maximum Gasteiger partial charge on any atom is 0.174 e. The number of aromatic nitrogens is 8. The molecule has 0 saturated heterocycles. The highest BCUT2D eigenvalue weighted by Gasteiger charge is 2.34. The number of benzene rings is 17. The van der Waals surface area contributed by atoms with E-state index in [9.17, 15) is 0 Å². The highest BCUT2D eigenvalue weighted by atomic mass is 32.1. The predicted octanol–water partition coefficient (Wildman–Crippen LogP) is 35.0. The van der Waals surface area contributed by atoms with Gasteiger partial charge in [-0.05, 0) is 160 Å². The second-order valence-electron chi connectivity index (χ2n) is 34.4. The minimum Gasteiger partial charge on any atom is -0.247 e. The van der Waals surface area contributed by atoms with Crippen molar-refractivity contribution in [2.24, 2.45) is 0 Å². The fourth-order valence-corrected chi connectivity index (χ4v) is 25.2. The third-order valence-corrected chi connectivity index (χ3v) is 31.1. The molecule has 25 aromatic rings. The Morgan fingerprint density at radius 3 is 0.688 bits per heavy atom. The molecular weight excluding hydrogens is 1750 g/mol. The molecule has 0 atom stereocenters. The molecule has 0 amide bonds. The highest BCUT2D eigenvalue weighted by molar-refractivity contribution is 7.24. The van der Waals surface area contributed by atoms with E-state index in [-0.39, 0.29) is 0 Å². The zero-order valence-corrected chi connectivity index (χ0v) is 77.4. The first-order chi connectivity index (χ1) is 68.5. The fraction of sp³-hybridized carbons (Fsp3) is 0. The van der Waals surface area contributed by atoms with Crippen LogP contribution in [0.1, 0.15) is 0 Å². The van der Waals surface area contributed by atoms with Gasteiger partial charge in [0.05, 0.1) is 42.3 Å². The molecule has 0 bridgehead atoms. The molecule has 17 aromatic carbocycles. The number of thiophene rings is 4. The van der Waals surface area contributed by atoms with Gasteiger partial charge in [-0.3, -0.25) is 0 Å².